The molecule has 1 N–H and O–H groups in total. The molecule has 0 aliphatic heterocycles. The van der Waals surface area contributed by atoms with Crippen LogP contribution in [-0.2, 0) is 11.3 Å². The van der Waals surface area contributed by atoms with E-state index in [9.17, 15) is 14.4 Å². The molecule has 0 bridgehead atoms. The summed E-state index contributed by atoms with van der Waals surface area (Å²) in [4.78, 5) is 33.6. The fourth-order valence-corrected chi connectivity index (χ4v) is 1.12. The monoisotopic (exact) mass is 196 g/mol. The van der Waals surface area contributed by atoms with Gasteiger partial charge in [0.1, 0.15) is 6.54 Å². The zero-order valence-electron chi connectivity index (χ0n) is 8.38. The van der Waals surface area contributed by atoms with E-state index >= 15 is 0 Å². The Balaban J connectivity index is 3.41. The lowest BCUT2D eigenvalue weighted by atomic mass is 10.2. The third-order valence-corrected chi connectivity index (χ3v) is 2.09. The number of rotatable bonds is 2. The van der Waals surface area contributed by atoms with E-state index in [2.05, 4.69) is 5.10 Å². The first-order valence-corrected chi connectivity index (χ1v) is 4.23. The van der Waals surface area contributed by atoms with Crippen molar-refractivity contribution in [3.63, 3.8) is 0 Å². The topological polar surface area (TPSA) is 71.9 Å². The zero-order chi connectivity index (χ0) is 10.9. The lowest BCUT2D eigenvalue weighted by molar-refractivity contribution is -0.117. The number of nitrogens with one attached hydrogen (secondary N) is 1. The minimum Gasteiger partial charge on any atom is -0.298 e. The van der Waals surface area contributed by atoms with Gasteiger partial charge >= 0.3 is 0 Å². The van der Waals surface area contributed by atoms with Gasteiger partial charge in [-0.1, -0.05) is 0 Å². The average Bonchev–Trinajstić information content (AvgIpc) is 2.10. The Labute approximate surface area is 80.4 Å². The number of Topliss-reactive ketones (excluding diaryl/α,β-unsaturated/α-hetero) is 1. The smallest absolute Gasteiger partial charge is 0.268 e. The molecule has 0 amide bonds. The molecule has 1 aromatic rings. The predicted octanol–water partition coefficient (Wildman–Crippen LogP) is -0.258. The van der Waals surface area contributed by atoms with Crippen LogP contribution < -0.4 is 11.1 Å². The highest BCUT2D eigenvalue weighted by atomic mass is 16.2. The van der Waals surface area contributed by atoms with Gasteiger partial charge in [-0.2, -0.15) is 0 Å². The molecule has 0 atom stereocenters. The van der Waals surface area contributed by atoms with E-state index in [1.165, 1.54) is 6.92 Å². The van der Waals surface area contributed by atoms with Gasteiger partial charge in [-0.3, -0.25) is 19.5 Å². The molecule has 0 aliphatic carbocycles. The fourth-order valence-electron chi connectivity index (χ4n) is 1.12. The maximum Gasteiger partial charge on any atom is 0.268 e. The summed E-state index contributed by atoms with van der Waals surface area (Å²) in [6.07, 6.45) is 0. The highest BCUT2D eigenvalue weighted by Crippen LogP contribution is 1.90. The van der Waals surface area contributed by atoms with Gasteiger partial charge in [-0.05, 0) is 20.8 Å². The molecule has 0 aliphatic rings. The lowest BCUT2D eigenvalue weighted by Crippen LogP contribution is -2.34. The normalized spacial score (nSPS) is 10.2. The molecule has 76 valence electrons. The van der Waals surface area contributed by atoms with E-state index in [4.69, 9.17) is 0 Å². The van der Waals surface area contributed by atoms with Crippen LogP contribution in [0.1, 0.15) is 18.1 Å². The molecule has 0 saturated carbocycles. The molecule has 1 rings (SSSR count). The molecular formula is C9H12N2O3. The van der Waals surface area contributed by atoms with Gasteiger partial charge in [0, 0.05) is 11.1 Å². The molecule has 0 aromatic carbocycles. The van der Waals surface area contributed by atoms with Crippen molar-refractivity contribution in [3.05, 3.63) is 31.8 Å². The van der Waals surface area contributed by atoms with E-state index in [1.54, 1.807) is 13.8 Å². The Kier molecular flexibility index (Phi) is 2.69. The second kappa shape index (κ2) is 3.61. The third kappa shape index (κ3) is 1.81. The molecule has 0 spiro atoms. The largest absolute Gasteiger partial charge is 0.298 e. The summed E-state index contributed by atoms with van der Waals surface area (Å²) >= 11 is 0. The zero-order valence-corrected chi connectivity index (χ0v) is 8.38. The molecule has 1 aromatic heterocycles. The maximum atomic E-state index is 11.5. The van der Waals surface area contributed by atoms with Gasteiger partial charge < -0.3 is 0 Å². The number of nitrogens with zero attached hydrogens (tertiary/aromatic N) is 1. The fraction of sp³-hybridized carbons (Fsp3) is 0.444. The summed E-state index contributed by atoms with van der Waals surface area (Å²) in [5.41, 5.74) is 0.130. The predicted molar refractivity (Wildman–Crippen MR) is 51.5 cm³/mol. The van der Waals surface area contributed by atoms with Crippen molar-refractivity contribution < 1.29 is 4.79 Å². The number of hydrogen-bond acceptors (Lipinski definition) is 3. The first kappa shape index (κ1) is 10.4. The quantitative estimate of drug-likeness (QED) is 0.708. The Morgan fingerprint density at radius 1 is 1.29 bits per heavy atom. The van der Waals surface area contributed by atoms with Crippen molar-refractivity contribution in [2.24, 2.45) is 0 Å². The first-order valence-electron chi connectivity index (χ1n) is 4.23. The Morgan fingerprint density at radius 3 is 2.36 bits per heavy atom. The van der Waals surface area contributed by atoms with Crippen LogP contribution in [-0.4, -0.2) is 15.6 Å². The first-order chi connectivity index (χ1) is 6.43. The highest BCUT2D eigenvalue weighted by molar-refractivity contribution is 5.75. The molecule has 5 heteroatoms. The average molecular weight is 196 g/mol. The van der Waals surface area contributed by atoms with Gasteiger partial charge in [-0.15, -0.1) is 0 Å². The van der Waals surface area contributed by atoms with Crippen molar-refractivity contribution in [2.75, 3.05) is 0 Å². The van der Waals surface area contributed by atoms with Crippen molar-refractivity contribution in [1.29, 1.82) is 0 Å². The lowest BCUT2D eigenvalue weighted by Gasteiger charge is -2.05. The van der Waals surface area contributed by atoms with Crippen LogP contribution in [0.2, 0.25) is 0 Å². The van der Waals surface area contributed by atoms with Crippen molar-refractivity contribution in [1.82, 2.24) is 9.78 Å². The van der Waals surface area contributed by atoms with Crippen LogP contribution in [0.25, 0.3) is 0 Å². The van der Waals surface area contributed by atoms with E-state index in [-0.39, 0.29) is 23.4 Å². The highest BCUT2D eigenvalue weighted by Gasteiger charge is 2.07. The molecule has 0 fully saturated rings. The molecule has 1 heterocycles. The summed E-state index contributed by atoms with van der Waals surface area (Å²) in [7, 11) is 0. The maximum absolute atomic E-state index is 11.5. The van der Waals surface area contributed by atoms with Gasteiger partial charge in [0.15, 0.2) is 5.78 Å². The third-order valence-electron chi connectivity index (χ3n) is 2.09. The summed E-state index contributed by atoms with van der Waals surface area (Å²) in [5, 5.41) is 2.34. The number of hydrogen-bond donors (Lipinski definition) is 1. The molecule has 0 unspecified atom stereocenters. The molecule has 14 heavy (non-hydrogen) atoms. The summed E-state index contributed by atoms with van der Waals surface area (Å²) < 4.78 is 1.03. The van der Waals surface area contributed by atoms with Crippen LogP contribution in [0.3, 0.4) is 0 Å². The number of carbonyl (C=O) groups excluding carboxylic acids is 1. The second-order valence-corrected chi connectivity index (χ2v) is 3.28. The van der Waals surface area contributed by atoms with Crippen LogP contribution in [0.5, 0.6) is 0 Å². The van der Waals surface area contributed by atoms with Crippen LogP contribution in [0.4, 0.5) is 0 Å². The minimum absolute atomic E-state index is 0.0881. The van der Waals surface area contributed by atoms with Crippen molar-refractivity contribution >= 4 is 5.78 Å². The Morgan fingerprint density at radius 2 is 1.86 bits per heavy atom. The van der Waals surface area contributed by atoms with Crippen LogP contribution in [0, 0.1) is 13.8 Å². The molecule has 0 saturated heterocycles. The van der Waals surface area contributed by atoms with Crippen LogP contribution >= 0.6 is 0 Å². The summed E-state index contributed by atoms with van der Waals surface area (Å²) in [6.45, 7) is 4.42. The van der Waals surface area contributed by atoms with Gasteiger partial charge in [0.25, 0.3) is 11.1 Å². The van der Waals surface area contributed by atoms with E-state index in [0.717, 1.165) is 4.68 Å². The van der Waals surface area contributed by atoms with Crippen LogP contribution in [0.15, 0.2) is 9.59 Å². The van der Waals surface area contributed by atoms with Crippen molar-refractivity contribution in [3.8, 4) is 0 Å². The second-order valence-electron chi connectivity index (χ2n) is 3.28. The van der Waals surface area contributed by atoms with Gasteiger partial charge in [-0.25, -0.2) is 4.68 Å². The number of ketones is 1. The minimum atomic E-state index is -0.330. The molecular weight excluding hydrogens is 184 g/mol. The van der Waals surface area contributed by atoms with E-state index in [1.807, 2.05) is 0 Å². The number of H-pyrrole nitrogens is 1. The SMILES string of the molecule is CC(=O)Cn1[nH]c(=O)c(C)c(C)c1=O. The Bertz CT molecular complexity index is 482. The van der Waals surface area contributed by atoms with E-state index < -0.39 is 0 Å². The molecule has 0 radical (unpaired) electrons. The summed E-state index contributed by atoms with van der Waals surface area (Å²) in [5.74, 6) is -0.175. The Hall–Kier alpha value is -1.65. The van der Waals surface area contributed by atoms with E-state index in [0.29, 0.717) is 11.1 Å². The van der Waals surface area contributed by atoms with Crippen molar-refractivity contribution in [2.45, 2.75) is 27.3 Å². The van der Waals surface area contributed by atoms with Gasteiger partial charge in [0.2, 0.25) is 0 Å². The number of aromatic nitrogens is 2. The summed E-state index contributed by atoms with van der Waals surface area (Å²) in [6, 6.07) is 0. The number of carbonyl (C=O) groups is 1. The van der Waals surface area contributed by atoms with Gasteiger partial charge in [0.05, 0.1) is 0 Å². The standard InChI is InChI=1S/C9H12N2O3/c1-5(12)4-11-9(14)7(3)6(2)8(13)10-11/h4H2,1-3H3,(H,10,13). The number of aromatic amines is 1. The molecule has 5 nitrogen and oxygen atoms in total.